The van der Waals surface area contributed by atoms with Crippen molar-refractivity contribution in [2.24, 2.45) is 0 Å². The minimum atomic E-state index is -2.54. The van der Waals surface area contributed by atoms with Crippen molar-refractivity contribution < 1.29 is 9.47 Å². The summed E-state index contributed by atoms with van der Waals surface area (Å²) in [6.45, 7) is 6.25. The Hall–Kier alpha value is -5.59. The summed E-state index contributed by atoms with van der Waals surface area (Å²) in [4.78, 5) is 4.37. The molecule has 0 amide bonds. The highest BCUT2D eigenvalue weighted by Gasteiger charge is 2.40. The van der Waals surface area contributed by atoms with Crippen molar-refractivity contribution in [3.63, 3.8) is 0 Å². The first-order chi connectivity index (χ1) is 27.7. The van der Waals surface area contributed by atoms with Crippen LogP contribution in [0.15, 0.2) is 189 Å². The molecule has 0 fully saturated rings. The number of aromatic nitrogens is 2. The zero-order chi connectivity index (χ0) is 38.7. The van der Waals surface area contributed by atoms with Gasteiger partial charge in [0, 0.05) is 18.6 Å². The maximum Gasteiger partial charge on any atom is 0.241 e. The Labute approximate surface area is 336 Å². The summed E-state index contributed by atoms with van der Waals surface area (Å²) < 4.78 is 14.7. The van der Waals surface area contributed by atoms with Gasteiger partial charge in [0.1, 0.15) is 11.5 Å². The second kappa shape index (κ2) is 21.5. The van der Waals surface area contributed by atoms with Gasteiger partial charge in [-0.15, -0.1) is 0 Å². The van der Waals surface area contributed by atoms with Crippen molar-refractivity contribution in [1.29, 1.82) is 0 Å². The maximum atomic E-state index is 6.23. The van der Waals surface area contributed by atoms with Crippen molar-refractivity contribution >= 4 is 46.7 Å². The molecule has 1 aromatic heterocycles. The van der Waals surface area contributed by atoms with Gasteiger partial charge < -0.3 is 14.0 Å². The highest BCUT2D eigenvalue weighted by Crippen LogP contribution is 2.19. The van der Waals surface area contributed by atoms with Crippen LogP contribution in [-0.2, 0) is 6.17 Å². The molecule has 7 aromatic rings. The van der Waals surface area contributed by atoms with E-state index >= 15 is 0 Å². The van der Waals surface area contributed by atoms with Gasteiger partial charge in [-0.25, -0.2) is 4.98 Å². The summed E-state index contributed by atoms with van der Waals surface area (Å²) in [6.07, 6.45) is 13.6. The third-order valence-electron chi connectivity index (χ3n) is 10.3. The van der Waals surface area contributed by atoms with E-state index in [4.69, 9.17) is 9.47 Å². The second-order valence-electron chi connectivity index (χ2n) is 14.3. The van der Waals surface area contributed by atoms with Crippen LogP contribution in [0.5, 0.6) is 11.5 Å². The number of rotatable bonds is 18. The second-order valence-corrected chi connectivity index (χ2v) is 18.2. The molecule has 4 nitrogen and oxygen atoms in total. The van der Waals surface area contributed by atoms with E-state index in [9.17, 15) is 0 Å². The Balaban J connectivity index is 0.000000233. The monoisotopic (exact) mass is 754 g/mol. The van der Waals surface area contributed by atoms with Gasteiger partial charge in [-0.05, 0) is 52.7 Å². The van der Waals surface area contributed by atoms with Crippen LogP contribution in [0.2, 0.25) is 0 Å². The van der Waals surface area contributed by atoms with Gasteiger partial charge in [0.25, 0.3) is 0 Å². The number of hydrogen-bond acceptors (Lipinski definition) is 3. The molecule has 0 bridgehead atoms. The first kappa shape index (κ1) is 40.1. The van der Waals surface area contributed by atoms with Crippen LogP contribution in [0.1, 0.15) is 52.4 Å². The van der Waals surface area contributed by atoms with E-state index in [1.807, 2.05) is 12.5 Å². The van der Waals surface area contributed by atoms with E-state index in [0.29, 0.717) is 6.71 Å². The summed E-state index contributed by atoms with van der Waals surface area (Å²) in [7, 11) is -2.54. The third kappa shape index (κ3) is 10.8. The SMILES string of the molecule is CCCCCOc1cccc([Si](Cn2ccnc2)(c2ccccc2)c2cccc(OCCCCC)c2)c1.c1ccc(B(c2ccccc2)c2ccccc2)cc1. The Morgan fingerprint density at radius 2 is 0.929 bits per heavy atom. The number of hydrogen-bond donors (Lipinski definition) is 0. The summed E-state index contributed by atoms with van der Waals surface area (Å²) >= 11 is 0. The van der Waals surface area contributed by atoms with Gasteiger partial charge in [0.15, 0.2) is 8.07 Å². The molecule has 0 atom stereocenters. The smallest absolute Gasteiger partial charge is 0.241 e. The molecule has 6 heteroatoms. The van der Waals surface area contributed by atoms with E-state index in [-0.39, 0.29) is 0 Å². The molecule has 0 spiro atoms. The molecule has 1 heterocycles. The standard InChI is InChI=1S/C32H40N2O2Si.C18H15B/c1-3-5-10-22-35-28-14-12-18-31(24-28)37(27-34-21-20-33-26-34,30-16-8-7-9-17-30)32-19-13-15-29(25-32)36-23-11-6-4-2;1-4-10-16(11-5-1)19(17-12-6-2-7-13-17)18-14-8-3-9-15-18/h7-9,12-21,24-26H,3-6,10-11,22-23,27H2,1-2H3;1-15H. The van der Waals surface area contributed by atoms with Crippen LogP contribution in [0, 0.1) is 0 Å². The van der Waals surface area contributed by atoms with Crippen LogP contribution in [0.4, 0.5) is 0 Å². The van der Waals surface area contributed by atoms with Crippen molar-refractivity contribution in [3.05, 3.63) is 189 Å². The average molecular weight is 755 g/mol. The molecule has 0 aliphatic rings. The largest absolute Gasteiger partial charge is 0.494 e. The van der Waals surface area contributed by atoms with Gasteiger partial charge in [0.2, 0.25) is 6.71 Å². The van der Waals surface area contributed by atoms with Gasteiger partial charge in [-0.3, -0.25) is 0 Å². The summed E-state index contributed by atoms with van der Waals surface area (Å²) in [5.74, 6) is 1.89. The number of benzene rings is 6. The van der Waals surface area contributed by atoms with E-state index in [1.54, 1.807) is 0 Å². The van der Waals surface area contributed by atoms with E-state index in [2.05, 4.69) is 199 Å². The van der Waals surface area contributed by atoms with Crippen LogP contribution >= 0.6 is 0 Å². The van der Waals surface area contributed by atoms with Gasteiger partial charge in [-0.1, -0.05) is 202 Å². The van der Waals surface area contributed by atoms with Crippen LogP contribution in [0.25, 0.3) is 0 Å². The molecular weight excluding hydrogens is 699 g/mol. The molecule has 0 saturated carbocycles. The maximum absolute atomic E-state index is 6.23. The lowest BCUT2D eigenvalue weighted by atomic mass is 9.37. The molecule has 56 heavy (non-hydrogen) atoms. The zero-order valence-corrected chi connectivity index (χ0v) is 34.1. The zero-order valence-electron chi connectivity index (χ0n) is 33.1. The minimum Gasteiger partial charge on any atom is -0.494 e. The number of ether oxygens (including phenoxy) is 2. The molecule has 7 rings (SSSR count). The molecule has 0 aliphatic carbocycles. The molecule has 0 unspecified atom stereocenters. The fourth-order valence-electron chi connectivity index (χ4n) is 7.45. The lowest BCUT2D eigenvalue weighted by Crippen LogP contribution is -2.69. The molecule has 0 N–H and O–H groups in total. The first-order valence-corrected chi connectivity index (χ1v) is 22.5. The lowest BCUT2D eigenvalue weighted by Gasteiger charge is -2.34. The highest BCUT2D eigenvalue weighted by molar-refractivity contribution is 7.10. The number of imidazole rings is 1. The van der Waals surface area contributed by atoms with E-state index in [1.165, 1.54) is 57.6 Å². The summed E-state index contributed by atoms with van der Waals surface area (Å²) in [5, 5.41) is 4.00. The van der Waals surface area contributed by atoms with Crippen LogP contribution < -0.4 is 41.4 Å². The van der Waals surface area contributed by atoms with Crippen molar-refractivity contribution in [2.75, 3.05) is 13.2 Å². The number of unbranched alkanes of at least 4 members (excludes halogenated alkanes) is 4. The predicted octanol–water partition coefficient (Wildman–Crippen LogP) is 7.93. The van der Waals surface area contributed by atoms with Crippen molar-refractivity contribution in [3.8, 4) is 11.5 Å². The molecule has 284 valence electrons. The quantitative estimate of drug-likeness (QED) is 0.0508. The molecule has 0 saturated heterocycles. The molecule has 0 aliphatic heterocycles. The van der Waals surface area contributed by atoms with Crippen molar-refractivity contribution in [1.82, 2.24) is 9.55 Å². The van der Waals surface area contributed by atoms with Gasteiger partial charge in [-0.2, -0.15) is 0 Å². The average Bonchev–Trinajstić information content (AvgIpc) is 3.78. The topological polar surface area (TPSA) is 36.3 Å². The first-order valence-electron chi connectivity index (χ1n) is 20.3. The highest BCUT2D eigenvalue weighted by atomic mass is 28.3. The van der Waals surface area contributed by atoms with Gasteiger partial charge in [0.05, 0.1) is 19.5 Å². The normalized spacial score (nSPS) is 11.0. The Morgan fingerprint density at radius 1 is 0.500 bits per heavy atom. The lowest BCUT2D eigenvalue weighted by molar-refractivity contribution is 0.306. The minimum absolute atomic E-state index is 0.309. The van der Waals surface area contributed by atoms with Crippen molar-refractivity contribution in [2.45, 2.75) is 58.5 Å². The molecular formula is C50H55BN2O2Si. The predicted molar refractivity (Wildman–Crippen MR) is 240 cm³/mol. The number of nitrogens with zero attached hydrogens (tertiary/aromatic N) is 2. The van der Waals surface area contributed by atoms with E-state index < -0.39 is 8.07 Å². The third-order valence-corrected chi connectivity index (χ3v) is 15.1. The summed E-state index contributed by atoms with van der Waals surface area (Å²) in [5.41, 5.74) is 4.00. The fourth-order valence-corrected chi connectivity index (χ4v) is 12.0. The Bertz CT molecular complexity index is 1960. The van der Waals surface area contributed by atoms with Crippen LogP contribution in [-0.4, -0.2) is 37.6 Å². The Kier molecular flexibility index (Phi) is 15.4. The molecule has 0 radical (unpaired) electrons. The summed E-state index contributed by atoms with van der Waals surface area (Å²) in [6, 6.07) is 60.6. The fraction of sp³-hybridized carbons (Fsp3) is 0.220. The Morgan fingerprint density at radius 3 is 1.34 bits per heavy atom. The van der Waals surface area contributed by atoms with E-state index in [0.717, 1.165) is 43.7 Å². The van der Waals surface area contributed by atoms with Gasteiger partial charge >= 0.3 is 0 Å². The van der Waals surface area contributed by atoms with Crippen LogP contribution in [0.3, 0.4) is 0 Å². The molecule has 6 aromatic carbocycles.